The second-order valence-electron chi connectivity index (χ2n) is 4.72. The van der Waals surface area contributed by atoms with Crippen LogP contribution < -0.4 is 11.1 Å². The molecule has 2 rings (SSSR count). The van der Waals surface area contributed by atoms with Crippen LogP contribution in [0, 0.1) is 5.82 Å². The molecule has 21 heavy (non-hydrogen) atoms. The maximum Gasteiger partial charge on any atom is 0.126 e. The minimum atomic E-state index is -0.383. The lowest BCUT2D eigenvalue weighted by molar-refractivity contribution is 0.184. The summed E-state index contributed by atoms with van der Waals surface area (Å²) in [6.45, 7) is 0.868. The van der Waals surface area contributed by atoms with Crippen molar-refractivity contribution >= 4 is 17.3 Å². The van der Waals surface area contributed by atoms with Gasteiger partial charge in [-0.1, -0.05) is 35.9 Å². The molecule has 0 aromatic heterocycles. The summed E-state index contributed by atoms with van der Waals surface area (Å²) in [6, 6.07) is 12.1. The van der Waals surface area contributed by atoms with E-state index in [9.17, 15) is 4.39 Å². The molecular weight excluding hydrogens is 291 g/mol. The lowest BCUT2D eigenvalue weighted by Crippen LogP contribution is -2.22. The van der Waals surface area contributed by atoms with Gasteiger partial charge in [0.1, 0.15) is 5.82 Å². The number of nitrogens with one attached hydrogen (secondary N) is 1. The van der Waals surface area contributed by atoms with Crippen molar-refractivity contribution in [3.8, 4) is 0 Å². The Kier molecular flexibility index (Phi) is 5.56. The second kappa shape index (κ2) is 7.41. The maximum atomic E-state index is 13.4. The van der Waals surface area contributed by atoms with Crippen molar-refractivity contribution in [1.82, 2.24) is 0 Å². The van der Waals surface area contributed by atoms with Crippen molar-refractivity contribution < 1.29 is 9.13 Å². The number of ether oxygens (including phenoxy) is 1. The minimum Gasteiger partial charge on any atom is -0.380 e. The fourth-order valence-corrected chi connectivity index (χ4v) is 2.48. The molecule has 0 heterocycles. The fraction of sp³-hybridized carbons (Fsp3) is 0.250. The Hall–Kier alpha value is -1.62. The standard InChI is InChI=1S/C16H18ClFN2O/c1-21-10-11-4-2-3-5-15(11)16(9-19)20-14-7-12(17)6-13(18)8-14/h2-8,16,20H,9-10,19H2,1H3. The van der Waals surface area contributed by atoms with Gasteiger partial charge in [-0.3, -0.25) is 0 Å². The Balaban J connectivity index is 2.27. The van der Waals surface area contributed by atoms with E-state index in [2.05, 4.69) is 5.32 Å². The zero-order valence-corrected chi connectivity index (χ0v) is 12.5. The van der Waals surface area contributed by atoms with Gasteiger partial charge in [0.15, 0.2) is 0 Å². The summed E-state index contributed by atoms with van der Waals surface area (Å²) < 4.78 is 18.6. The van der Waals surface area contributed by atoms with Gasteiger partial charge in [0.2, 0.25) is 0 Å². The largest absolute Gasteiger partial charge is 0.380 e. The van der Waals surface area contributed by atoms with Crippen molar-refractivity contribution in [2.75, 3.05) is 19.0 Å². The van der Waals surface area contributed by atoms with Crippen LogP contribution in [-0.2, 0) is 11.3 Å². The first-order valence-corrected chi connectivity index (χ1v) is 7.01. The van der Waals surface area contributed by atoms with Crippen LogP contribution in [0.15, 0.2) is 42.5 Å². The number of halogens is 2. The highest BCUT2D eigenvalue weighted by Gasteiger charge is 2.14. The number of anilines is 1. The lowest BCUT2D eigenvalue weighted by atomic mass is 10.0. The summed E-state index contributed by atoms with van der Waals surface area (Å²) in [5.41, 5.74) is 8.54. The van der Waals surface area contributed by atoms with Crippen LogP contribution >= 0.6 is 11.6 Å². The number of hydrogen-bond donors (Lipinski definition) is 2. The molecule has 2 aromatic rings. The zero-order valence-electron chi connectivity index (χ0n) is 11.8. The van der Waals surface area contributed by atoms with Crippen LogP contribution in [0.2, 0.25) is 5.02 Å². The van der Waals surface area contributed by atoms with Crippen LogP contribution in [0.25, 0.3) is 0 Å². The molecule has 0 saturated carbocycles. The molecule has 0 radical (unpaired) electrons. The van der Waals surface area contributed by atoms with Crippen molar-refractivity contribution in [2.24, 2.45) is 5.73 Å². The normalized spacial score (nSPS) is 12.2. The topological polar surface area (TPSA) is 47.3 Å². The van der Waals surface area contributed by atoms with Gasteiger partial charge in [0.25, 0.3) is 0 Å². The maximum absolute atomic E-state index is 13.4. The van der Waals surface area contributed by atoms with E-state index < -0.39 is 0 Å². The number of hydrogen-bond acceptors (Lipinski definition) is 3. The number of benzene rings is 2. The Bertz CT molecular complexity index is 586. The monoisotopic (exact) mass is 308 g/mol. The van der Waals surface area contributed by atoms with E-state index in [-0.39, 0.29) is 11.9 Å². The summed E-state index contributed by atoms with van der Waals surface area (Å²) in [4.78, 5) is 0. The van der Waals surface area contributed by atoms with Crippen LogP contribution in [0.1, 0.15) is 17.2 Å². The Labute approximate surface area is 128 Å². The average Bonchev–Trinajstić information content (AvgIpc) is 2.45. The SMILES string of the molecule is COCc1ccccc1C(CN)Nc1cc(F)cc(Cl)c1. The predicted molar refractivity (Wildman–Crippen MR) is 84.0 cm³/mol. The molecule has 0 aliphatic carbocycles. The van der Waals surface area contributed by atoms with Crippen molar-refractivity contribution in [1.29, 1.82) is 0 Å². The van der Waals surface area contributed by atoms with E-state index in [0.717, 1.165) is 11.1 Å². The predicted octanol–water partition coefficient (Wildman–Crippen LogP) is 3.74. The first kappa shape index (κ1) is 15.8. The molecule has 1 unspecified atom stereocenters. The summed E-state index contributed by atoms with van der Waals surface area (Å²) in [5.74, 6) is -0.383. The van der Waals surface area contributed by atoms with Gasteiger partial charge in [-0.15, -0.1) is 0 Å². The second-order valence-corrected chi connectivity index (χ2v) is 5.16. The highest BCUT2D eigenvalue weighted by atomic mass is 35.5. The van der Waals surface area contributed by atoms with Crippen LogP contribution in [0.4, 0.5) is 10.1 Å². The quantitative estimate of drug-likeness (QED) is 0.854. The first-order valence-electron chi connectivity index (χ1n) is 6.63. The van der Waals surface area contributed by atoms with Gasteiger partial charge >= 0.3 is 0 Å². The molecule has 0 aliphatic rings. The highest BCUT2D eigenvalue weighted by molar-refractivity contribution is 6.30. The molecule has 0 saturated heterocycles. The summed E-state index contributed by atoms with van der Waals surface area (Å²) in [5, 5.41) is 3.57. The first-order chi connectivity index (χ1) is 10.1. The van der Waals surface area contributed by atoms with Crippen molar-refractivity contribution in [2.45, 2.75) is 12.6 Å². The van der Waals surface area contributed by atoms with E-state index >= 15 is 0 Å². The molecule has 0 fully saturated rings. The molecule has 0 amide bonds. The van der Waals surface area contributed by atoms with E-state index in [1.54, 1.807) is 13.2 Å². The summed E-state index contributed by atoms with van der Waals surface area (Å²) >= 11 is 5.87. The molecule has 5 heteroatoms. The van der Waals surface area contributed by atoms with E-state index in [1.807, 2.05) is 24.3 Å². The van der Waals surface area contributed by atoms with E-state index in [1.165, 1.54) is 12.1 Å². The molecule has 3 nitrogen and oxygen atoms in total. The molecular formula is C16H18ClFN2O. The van der Waals surface area contributed by atoms with Crippen molar-refractivity contribution in [3.63, 3.8) is 0 Å². The molecule has 0 aliphatic heterocycles. The Morgan fingerprint density at radius 2 is 2.05 bits per heavy atom. The average molecular weight is 309 g/mol. The van der Waals surface area contributed by atoms with Crippen LogP contribution in [-0.4, -0.2) is 13.7 Å². The third-order valence-electron chi connectivity index (χ3n) is 3.17. The third kappa shape index (κ3) is 4.17. The zero-order chi connectivity index (χ0) is 15.2. The van der Waals surface area contributed by atoms with E-state index in [4.69, 9.17) is 22.1 Å². The summed E-state index contributed by atoms with van der Waals surface area (Å²) in [6.07, 6.45) is 0. The smallest absolute Gasteiger partial charge is 0.126 e. The van der Waals surface area contributed by atoms with Gasteiger partial charge in [-0.25, -0.2) is 4.39 Å². The molecule has 112 valence electrons. The molecule has 1 atom stereocenters. The summed E-state index contributed by atoms with van der Waals surface area (Å²) in [7, 11) is 1.65. The Morgan fingerprint density at radius 1 is 1.29 bits per heavy atom. The minimum absolute atomic E-state index is 0.144. The highest BCUT2D eigenvalue weighted by Crippen LogP contribution is 2.25. The molecule has 2 aromatic carbocycles. The molecule has 3 N–H and O–H groups in total. The van der Waals surface area contributed by atoms with Crippen LogP contribution in [0.3, 0.4) is 0 Å². The fourth-order valence-electron chi connectivity index (χ4n) is 2.26. The van der Waals surface area contributed by atoms with Crippen LogP contribution in [0.5, 0.6) is 0 Å². The third-order valence-corrected chi connectivity index (χ3v) is 3.39. The van der Waals surface area contributed by atoms with Gasteiger partial charge in [0, 0.05) is 24.4 Å². The van der Waals surface area contributed by atoms with Gasteiger partial charge in [-0.05, 0) is 29.3 Å². The van der Waals surface area contributed by atoms with Crippen molar-refractivity contribution in [3.05, 3.63) is 64.4 Å². The molecule has 0 spiro atoms. The molecule has 0 bridgehead atoms. The lowest BCUT2D eigenvalue weighted by Gasteiger charge is -2.21. The van der Waals surface area contributed by atoms with E-state index in [0.29, 0.717) is 23.9 Å². The van der Waals surface area contributed by atoms with Gasteiger partial charge in [-0.2, -0.15) is 0 Å². The van der Waals surface area contributed by atoms with Gasteiger partial charge < -0.3 is 15.8 Å². The number of nitrogens with two attached hydrogens (primary N) is 1. The van der Waals surface area contributed by atoms with Gasteiger partial charge in [0.05, 0.1) is 12.6 Å². The number of rotatable bonds is 6. The number of methoxy groups -OCH3 is 1. The Morgan fingerprint density at radius 3 is 2.71 bits per heavy atom.